The third-order valence-corrected chi connectivity index (χ3v) is 4.11. The van der Waals surface area contributed by atoms with E-state index in [-0.39, 0.29) is 18.7 Å². The Morgan fingerprint density at radius 2 is 2.19 bits per heavy atom. The zero-order valence-electron chi connectivity index (χ0n) is 14.6. The van der Waals surface area contributed by atoms with Gasteiger partial charge in [0.15, 0.2) is 6.73 Å². The summed E-state index contributed by atoms with van der Waals surface area (Å²) in [7, 11) is 0. The van der Waals surface area contributed by atoms with E-state index < -0.39 is 0 Å². The third kappa shape index (κ3) is 4.23. The van der Waals surface area contributed by atoms with E-state index >= 15 is 0 Å². The maximum Gasteiger partial charge on any atom is 0.272 e. The highest BCUT2D eigenvalue weighted by molar-refractivity contribution is 6.30. The SMILES string of the molecule is CCn1nccc1C(C)NC(=O)c1ccn(COc2cccc(Cl)c2)n1. The zero-order valence-corrected chi connectivity index (χ0v) is 15.3. The van der Waals surface area contributed by atoms with E-state index in [1.807, 2.05) is 36.7 Å². The number of halogens is 1. The summed E-state index contributed by atoms with van der Waals surface area (Å²) in [4.78, 5) is 12.4. The van der Waals surface area contributed by atoms with E-state index in [4.69, 9.17) is 16.3 Å². The van der Waals surface area contributed by atoms with Gasteiger partial charge in [-0.3, -0.25) is 9.48 Å². The van der Waals surface area contributed by atoms with Gasteiger partial charge in [0.25, 0.3) is 5.91 Å². The minimum absolute atomic E-state index is 0.169. The van der Waals surface area contributed by atoms with Gasteiger partial charge in [-0.25, -0.2) is 4.68 Å². The lowest BCUT2D eigenvalue weighted by atomic mass is 10.2. The summed E-state index contributed by atoms with van der Waals surface area (Å²) in [5.74, 6) is 0.392. The van der Waals surface area contributed by atoms with Crippen LogP contribution in [0, 0.1) is 0 Å². The van der Waals surface area contributed by atoms with Gasteiger partial charge in [0.2, 0.25) is 0 Å². The molecule has 8 heteroatoms. The van der Waals surface area contributed by atoms with Crippen LogP contribution >= 0.6 is 11.6 Å². The van der Waals surface area contributed by atoms with Crippen molar-refractivity contribution in [1.82, 2.24) is 24.9 Å². The van der Waals surface area contributed by atoms with Crippen LogP contribution in [0.4, 0.5) is 0 Å². The first-order valence-corrected chi connectivity index (χ1v) is 8.69. The molecule has 26 heavy (non-hydrogen) atoms. The van der Waals surface area contributed by atoms with Crippen LogP contribution in [0.5, 0.6) is 5.75 Å². The minimum atomic E-state index is -0.247. The van der Waals surface area contributed by atoms with E-state index in [0.717, 1.165) is 12.2 Å². The van der Waals surface area contributed by atoms with Crippen LogP contribution in [-0.2, 0) is 13.3 Å². The first kappa shape index (κ1) is 18.0. The molecule has 2 aromatic heterocycles. The Morgan fingerprint density at radius 1 is 1.35 bits per heavy atom. The van der Waals surface area contributed by atoms with Gasteiger partial charge in [-0.2, -0.15) is 10.2 Å². The van der Waals surface area contributed by atoms with Crippen molar-refractivity contribution in [2.75, 3.05) is 0 Å². The number of hydrogen-bond donors (Lipinski definition) is 1. The zero-order chi connectivity index (χ0) is 18.5. The second kappa shape index (κ2) is 8.05. The summed E-state index contributed by atoms with van der Waals surface area (Å²) in [6.07, 6.45) is 3.42. The van der Waals surface area contributed by atoms with Gasteiger partial charge in [-0.15, -0.1) is 0 Å². The van der Waals surface area contributed by atoms with Crippen molar-refractivity contribution >= 4 is 17.5 Å². The van der Waals surface area contributed by atoms with E-state index in [1.54, 1.807) is 35.3 Å². The predicted octanol–water partition coefficient (Wildman–Crippen LogP) is 3.28. The van der Waals surface area contributed by atoms with Crippen LogP contribution in [0.2, 0.25) is 5.02 Å². The molecule has 0 radical (unpaired) electrons. The van der Waals surface area contributed by atoms with Crippen LogP contribution in [0.15, 0.2) is 48.8 Å². The van der Waals surface area contributed by atoms with Crippen LogP contribution in [0.25, 0.3) is 0 Å². The van der Waals surface area contributed by atoms with Gasteiger partial charge in [0, 0.05) is 24.0 Å². The van der Waals surface area contributed by atoms with Crippen LogP contribution in [-0.4, -0.2) is 25.5 Å². The molecule has 3 rings (SSSR count). The topological polar surface area (TPSA) is 74.0 Å². The number of benzene rings is 1. The van der Waals surface area contributed by atoms with Gasteiger partial charge in [0.05, 0.1) is 11.7 Å². The monoisotopic (exact) mass is 373 g/mol. The number of aryl methyl sites for hydroxylation is 1. The summed E-state index contributed by atoms with van der Waals surface area (Å²) < 4.78 is 9.01. The Bertz CT molecular complexity index is 889. The average Bonchev–Trinajstić information content (AvgIpc) is 3.29. The fourth-order valence-electron chi connectivity index (χ4n) is 2.57. The Kier molecular flexibility index (Phi) is 5.58. The maximum absolute atomic E-state index is 12.4. The standard InChI is InChI=1S/C18H20ClN5O2/c1-3-24-17(7-9-20-24)13(2)21-18(25)16-8-10-23(22-16)12-26-15-6-4-5-14(19)11-15/h4-11,13H,3,12H2,1-2H3,(H,21,25). The number of nitrogens with one attached hydrogen (secondary N) is 1. The molecule has 0 spiro atoms. The molecule has 0 aliphatic rings. The number of carbonyl (C=O) groups excluding carboxylic acids is 1. The van der Waals surface area contributed by atoms with Gasteiger partial charge in [-0.1, -0.05) is 17.7 Å². The molecule has 1 atom stereocenters. The van der Waals surface area contributed by atoms with Crippen molar-refractivity contribution in [3.8, 4) is 5.75 Å². The second-order valence-electron chi connectivity index (χ2n) is 5.74. The quantitative estimate of drug-likeness (QED) is 0.689. The summed E-state index contributed by atoms with van der Waals surface area (Å²) in [5, 5.41) is 12.0. The van der Waals surface area contributed by atoms with Crippen molar-refractivity contribution < 1.29 is 9.53 Å². The van der Waals surface area contributed by atoms with Gasteiger partial charge >= 0.3 is 0 Å². The molecule has 0 aliphatic carbocycles. The molecule has 1 unspecified atom stereocenters. The molecule has 7 nitrogen and oxygen atoms in total. The maximum atomic E-state index is 12.4. The first-order valence-electron chi connectivity index (χ1n) is 8.31. The summed E-state index contributed by atoms with van der Waals surface area (Å²) in [5.41, 5.74) is 1.28. The highest BCUT2D eigenvalue weighted by Crippen LogP contribution is 2.17. The molecular formula is C18H20ClN5O2. The lowest BCUT2D eigenvalue weighted by Gasteiger charge is -2.14. The Balaban J connectivity index is 1.59. The van der Waals surface area contributed by atoms with Gasteiger partial charge in [-0.05, 0) is 44.2 Å². The second-order valence-corrected chi connectivity index (χ2v) is 6.17. The fraction of sp³-hybridized carbons (Fsp3) is 0.278. The number of aromatic nitrogens is 4. The lowest BCUT2D eigenvalue weighted by Crippen LogP contribution is -2.28. The number of amides is 1. The smallest absolute Gasteiger partial charge is 0.272 e. The Hall–Kier alpha value is -2.80. The first-order chi connectivity index (χ1) is 12.6. The van der Waals surface area contributed by atoms with Crippen molar-refractivity contribution in [2.24, 2.45) is 0 Å². The number of carbonyl (C=O) groups is 1. The van der Waals surface area contributed by atoms with Gasteiger partial charge in [0.1, 0.15) is 11.4 Å². The van der Waals surface area contributed by atoms with Gasteiger partial charge < -0.3 is 10.1 Å². The number of nitrogens with zero attached hydrogens (tertiary/aromatic N) is 4. The summed E-state index contributed by atoms with van der Waals surface area (Å²) >= 11 is 5.92. The molecule has 0 fully saturated rings. The fourth-order valence-corrected chi connectivity index (χ4v) is 2.75. The molecule has 1 amide bonds. The highest BCUT2D eigenvalue weighted by atomic mass is 35.5. The molecule has 0 saturated heterocycles. The average molecular weight is 374 g/mol. The van der Waals surface area contributed by atoms with Crippen LogP contribution in [0.1, 0.15) is 36.1 Å². The van der Waals surface area contributed by atoms with Crippen molar-refractivity contribution in [3.05, 3.63) is 65.2 Å². The number of rotatable bonds is 7. The Morgan fingerprint density at radius 3 is 2.96 bits per heavy atom. The minimum Gasteiger partial charge on any atom is -0.471 e. The Labute approximate surface area is 156 Å². The number of ether oxygens (including phenoxy) is 1. The molecule has 0 bridgehead atoms. The van der Waals surface area contributed by atoms with Crippen molar-refractivity contribution in [3.63, 3.8) is 0 Å². The normalized spacial score (nSPS) is 12.0. The van der Waals surface area contributed by atoms with E-state index in [1.165, 1.54) is 0 Å². The summed E-state index contributed by atoms with van der Waals surface area (Å²) in [6.45, 7) is 4.86. The molecule has 2 heterocycles. The molecule has 3 aromatic rings. The van der Waals surface area contributed by atoms with Crippen LogP contribution in [0.3, 0.4) is 0 Å². The lowest BCUT2D eigenvalue weighted by molar-refractivity contribution is 0.0931. The predicted molar refractivity (Wildman–Crippen MR) is 98.1 cm³/mol. The molecule has 1 aromatic carbocycles. The largest absolute Gasteiger partial charge is 0.471 e. The number of hydrogen-bond acceptors (Lipinski definition) is 4. The van der Waals surface area contributed by atoms with Crippen molar-refractivity contribution in [1.29, 1.82) is 0 Å². The third-order valence-electron chi connectivity index (χ3n) is 3.87. The van der Waals surface area contributed by atoms with Crippen LogP contribution < -0.4 is 10.1 Å². The molecule has 0 saturated carbocycles. The molecule has 1 N–H and O–H groups in total. The van der Waals surface area contributed by atoms with E-state index in [0.29, 0.717) is 16.5 Å². The van der Waals surface area contributed by atoms with E-state index in [9.17, 15) is 4.79 Å². The molecule has 0 aliphatic heterocycles. The summed E-state index contributed by atoms with van der Waals surface area (Å²) in [6, 6.07) is 10.5. The van der Waals surface area contributed by atoms with E-state index in [2.05, 4.69) is 15.5 Å². The molecular weight excluding hydrogens is 354 g/mol. The molecule has 136 valence electrons. The highest BCUT2D eigenvalue weighted by Gasteiger charge is 2.16. The van der Waals surface area contributed by atoms with Crippen molar-refractivity contribution in [2.45, 2.75) is 33.2 Å².